The van der Waals surface area contributed by atoms with Gasteiger partial charge in [-0.25, -0.2) is 9.37 Å². The smallest absolute Gasteiger partial charge is 0.206 e. The molecule has 2 aromatic carbocycles. The van der Waals surface area contributed by atoms with Crippen LogP contribution in [0.5, 0.6) is 5.75 Å². The number of fused-ring (bicyclic) bond motifs is 1. The van der Waals surface area contributed by atoms with Gasteiger partial charge in [0.25, 0.3) is 0 Å². The van der Waals surface area contributed by atoms with E-state index in [1.54, 1.807) is 13.2 Å². The van der Waals surface area contributed by atoms with Crippen LogP contribution < -0.4 is 9.64 Å². The number of aromatic nitrogens is 2. The molecule has 0 radical (unpaired) electrons. The molecular formula is C18H20FN3O. The third kappa shape index (κ3) is 2.86. The van der Waals surface area contributed by atoms with E-state index in [0.29, 0.717) is 6.54 Å². The van der Waals surface area contributed by atoms with Crippen LogP contribution >= 0.6 is 0 Å². The summed E-state index contributed by atoms with van der Waals surface area (Å²) in [4.78, 5) is 6.65. The van der Waals surface area contributed by atoms with Gasteiger partial charge in [-0.1, -0.05) is 17.7 Å². The van der Waals surface area contributed by atoms with E-state index < -0.39 is 0 Å². The standard InChI is InChI=1S/C18H20FN3O/c1-12-5-8-17(23-4)13(9-12)11-21(2)18-20-15-7-6-14(19)10-16(15)22(18)3/h5-10H,11H2,1-4H3. The van der Waals surface area contributed by atoms with Crippen LogP contribution in [0, 0.1) is 12.7 Å². The molecule has 0 aliphatic heterocycles. The molecule has 0 spiro atoms. The van der Waals surface area contributed by atoms with Crippen molar-refractivity contribution in [2.24, 2.45) is 7.05 Å². The maximum Gasteiger partial charge on any atom is 0.206 e. The fraction of sp³-hybridized carbons (Fsp3) is 0.278. The van der Waals surface area contributed by atoms with E-state index in [9.17, 15) is 4.39 Å². The predicted octanol–water partition coefficient (Wildman–Crippen LogP) is 3.67. The first-order chi connectivity index (χ1) is 11.0. The Balaban J connectivity index is 1.96. The minimum absolute atomic E-state index is 0.255. The molecule has 0 fully saturated rings. The van der Waals surface area contributed by atoms with Gasteiger partial charge in [0.2, 0.25) is 5.95 Å². The molecule has 0 unspecified atom stereocenters. The van der Waals surface area contributed by atoms with Crippen molar-refractivity contribution in [1.82, 2.24) is 9.55 Å². The van der Waals surface area contributed by atoms with Crippen LogP contribution in [0.3, 0.4) is 0 Å². The number of imidazole rings is 1. The average molecular weight is 313 g/mol. The quantitative estimate of drug-likeness (QED) is 0.736. The second kappa shape index (κ2) is 5.91. The highest BCUT2D eigenvalue weighted by atomic mass is 19.1. The van der Waals surface area contributed by atoms with Crippen LogP contribution in [0.15, 0.2) is 36.4 Å². The Hall–Kier alpha value is -2.56. The van der Waals surface area contributed by atoms with Crippen molar-refractivity contribution in [3.63, 3.8) is 0 Å². The predicted molar refractivity (Wildman–Crippen MR) is 90.5 cm³/mol. The summed E-state index contributed by atoms with van der Waals surface area (Å²) in [5.41, 5.74) is 3.84. The van der Waals surface area contributed by atoms with Crippen LogP contribution in [0.25, 0.3) is 11.0 Å². The van der Waals surface area contributed by atoms with Crippen molar-refractivity contribution < 1.29 is 9.13 Å². The molecule has 120 valence electrons. The summed E-state index contributed by atoms with van der Waals surface area (Å²) in [5, 5.41) is 0. The number of halogens is 1. The lowest BCUT2D eigenvalue weighted by Crippen LogP contribution is -2.20. The Bertz CT molecular complexity index is 857. The summed E-state index contributed by atoms with van der Waals surface area (Å²) in [6.07, 6.45) is 0. The Morgan fingerprint density at radius 2 is 2.00 bits per heavy atom. The van der Waals surface area contributed by atoms with E-state index in [0.717, 1.165) is 28.3 Å². The summed E-state index contributed by atoms with van der Waals surface area (Å²) in [5.74, 6) is 1.39. The summed E-state index contributed by atoms with van der Waals surface area (Å²) < 4.78 is 20.8. The van der Waals surface area contributed by atoms with Gasteiger partial charge >= 0.3 is 0 Å². The number of benzene rings is 2. The Morgan fingerprint density at radius 3 is 2.74 bits per heavy atom. The van der Waals surface area contributed by atoms with Gasteiger partial charge in [-0.3, -0.25) is 0 Å². The number of methoxy groups -OCH3 is 1. The molecule has 5 heteroatoms. The maximum absolute atomic E-state index is 13.4. The SMILES string of the molecule is COc1ccc(C)cc1CN(C)c1nc2ccc(F)cc2n1C. The van der Waals surface area contributed by atoms with Crippen molar-refractivity contribution in [2.45, 2.75) is 13.5 Å². The van der Waals surface area contributed by atoms with E-state index in [4.69, 9.17) is 4.74 Å². The Kier molecular flexibility index (Phi) is 3.94. The van der Waals surface area contributed by atoms with Gasteiger partial charge in [-0.15, -0.1) is 0 Å². The summed E-state index contributed by atoms with van der Waals surface area (Å²) in [6.45, 7) is 2.71. The van der Waals surface area contributed by atoms with E-state index in [1.165, 1.54) is 17.7 Å². The largest absolute Gasteiger partial charge is 0.496 e. The molecule has 0 amide bonds. The number of rotatable bonds is 4. The fourth-order valence-corrected chi connectivity index (χ4v) is 2.85. The average Bonchev–Trinajstić information content (AvgIpc) is 2.84. The molecule has 1 heterocycles. The topological polar surface area (TPSA) is 30.3 Å². The van der Waals surface area contributed by atoms with Crippen molar-refractivity contribution >= 4 is 17.0 Å². The molecule has 3 rings (SSSR count). The molecule has 23 heavy (non-hydrogen) atoms. The number of hydrogen-bond acceptors (Lipinski definition) is 3. The molecule has 0 aliphatic carbocycles. The third-order valence-corrected chi connectivity index (χ3v) is 4.00. The monoisotopic (exact) mass is 313 g/mol. The zero-order chi connectivity index (χ0) is 16.6. The second-order valence-corrected chi connectivity index (χ2v) is 5.78. The first kappa shape index (κ1) is 15.3. The minimum atomic E-state index is -0.255. The maximum atomic E-state index is 13.4. The second-order valence-electron chi connectivity index (χ2n) is 5.78. The Morgan fingerprint density at radius 1 is 1.22 bits per heavy atom. The van der Waals surface area contributed by atoms with Crippen LogP contribution in [-0.2, 0) is 13.6 Å². The molecule has 0 aliphatic rings. The lowest BCUT2D eigenvalue weighted by atomic mass is 10.1. The highest BCUT2D eigenvalue weighted by Crippen LogP contribution is 2.25. The van der Waals surface area contributed by atoms with Gasteiger partial charge in [0.05, 0.1) is 18.1 Å². The normalized spacial score (nSPS) is 11.0. The lowest BCUT2D eigenvalue weighted by Gasteiger charge is -2.20. The number of aryl methyl sites for hydroxylation is 2. The fourth-order valence-electron chi connectivity index (χ4n) is 2.85. The van der Waals surface area contributed by atoms with Gasteiger partial charge < -0.3 is 14.2 Å². The lowest BCUT2D eigenvalue weighted by molar-refractivity contribution is 0.409. The zero-order valence-corrected chi connectivity index (χ0v) is 13.8. The molecule has 1 aromatic heterocycles. The highest BCUT2D eigenvalue weighted by Gasteiger charge is 2.14. The molecule has 0 N–H and O–H groups in total. The van der Waals surface area contributed by atoms with Crippen LogP contribution in [0.4, 0.5) is 10.3 Å². The van der Waals surface area contributed by atoms with Crippen molar-refractivity contribution in [3.05, 3.63) is 53.3 Å². The Labute approximate surface area is 135 Å². The van der Waals surface area contributed by atoms with Crippen molar-refractivity contribution in [2.75, 3.05) is 19.1 Å². The molecule has 0 saturated heterocycles. The van der Waals surface area contributed by atoms with Gasteiger partial charge in [-0.05, 0) is 31.2 Å². The van der Waals surface area contributed by atoms with Gasteiger partial charge in [0.1, 0.15) is 11.6 Å². The van der Waals surface area contributed by atoms with Crippen LogP contribution in [0.2, 0.25) is 0 Å². The summed E-state index contributed by atoms with van der Waals surface area (Å²) in [7, 11) is 5.54. The number of ether oxygens (including phenoxy) is 1. The molecule has 0 saturated carbocycles. The highest BCUT2D eigenvalue weighted by molar-refractivity contribution is 5.78. The molecule has 4 nitrogen and oxygen atoms in total. The van der Waals surface area contributed by atoms with E-state index in [2.05, 4.69) is 18.0 Å². The van der Waals surface area contributed by atoms with Gasteiger partial charge in [0, 0.05) is 26.2 Å². The van der Waals surface area contributed by atoms with Crippen LogP contribution in [0.1, 0.15) is 11.1 Å². The minimum Gasteiger partial charge on any atom is -0.496 e. The molecule has 0 bridgehead atoms. The molecular weight excluding hydrogens is 293 g/mol. The summed E-state index contributed by atoms with van der Waals surface area (Å²) in [6, 6.07) is 10.8. The van der Waals surface area contributed by atoms with Crippen LogP contribution in [-0.4, -0.2) is 23.7 Å². The zero-order valence-electron chi connectivity index (χ0n) is 13.8. The number of nitrogens with zero attached hydrogens (tertiary/aromatic N) is 3. The number of anilines is 1. The van der Waals surface area contributed by atoms with E-state index in [1.807, 2.05) is 35.7 Å². The van der Waals surface area contributed by atoms with E-state index >= 15 is 0 Å². The van der Waals surface area contributed by atoms with Crippen molar-refractivity contribution in [1.29, 1.82) is 0 Å². The molecule has 3 aromatic rings. The number of hydrogen-bond donors (Lipinski definition) is 0. The molecule has 0 atom stereocenters. The first-order valence-corrected chi connectivity index (χ1v) is 7.46. The third-order valence-electron chi connectivity index (χ3n) is 4.00. The first-order valence-electron chi connectivity index (χ1n) is 7.46. The summed E-state index contributed by atoms with van der Waals surface area (Å²) >= 11 is 0. The van der Waals surface area contributed by atoms with Gasteiger partial charge in [-0.2, -0.15) is 0 Å². The van der Waals surface area contributed by atoms with Crippen molar-refractivity contribution in [3.8, 4) is 5.75 Å². The van der Waals surface area contributed by atoms with E-state index in [-0.39, 0.29) is 5.82 Å². The van der Waals surface area contributed by atoms with Gasteiger partial charge in [0.15, 0.2) is 0 Å².